The first kappa shape index (κ1) is 50.3. The lowest BCUT2D eigenvalue weighted by Gasteiger charge is -2.45. The summed E-state index contributed by atoms with van der Waals surface area (Å²) in [7, 11) is 0. The molecule has 0 unspecified atom stereocenters. The number of nitrogens with one attached hydrogen (secondary N) is 1. The number of aliphatic hydroxyl groups is 5. The largest absolute Gasteiger partial charge is 0.459 e. The number of nitriles is 1. The number of ether oxygens (including phenoxy) is 3. The third-order valence-corrected chi connectivity index (χ3v) is 12.1. The molecule has 6 N–H and O–H groups in total. The number of aliphatic hydroxyl groups excluding tert-OH is 3. The lowest BCUT2D eigenvalue weighted by molar-refractivity contribution is -0.298. The van der Waals surface area contributed by atoms with Crippen molar-refractivity contribution in [3.05, 3.63) is 29.8 Å². The maximum absolute atomic E-state index is 13.7. The summed E-state index contributed by atoms with van der Waals surface area (Å²) < 4.78 is 59.3. The number of hydrogen-bond acceptors (Lipinski definition) is 12. The third kappa shape index (κ3) is 13.0. The second-order valence-electron chi connectivity index (χ2n) is 17.3. The van der Waals surface area contributed by atoms with E-state index in [0.717, 1.165) is 12.1 Å². The molecular formula is C42H67F3N4O10. The van der Waals surface area contributed by atoms with Gasteiger partial charge in [0.25, 0.3) is 0 Å². The molecule has 2 heterocycles. The van der Waals surface area contributed by atoms with Gasteiger partial charge in [0.15, 0.2) is 6.29 Å². The Labute approximate surface area is 346 Å². The highest BCUT2D eigenvalue weighted by Gasteiger charge is 2.49. The molecule has 0 bridgehead atoms. The van der Waals surface area contributed by atoms with Crippen molar-refractivity contribution < 1.29 is 62.5 Å². The van der Waals surface area contributed by atoms with Crippen molar-refractivity contribution in [3.8, 4) is 6.07 Å². The van der Waals surface area contributed by atoms with E-state index in [4.69, 9.17) is 14.2 Å². The number of esters is 1. The van der Waals surface area contributed by atoms with E-state index in [-0.39, 0.29) is 69.8 Å². The van der Waals surface area contributed by atoms with Crippen molar-refractivity contribution in [2.45, 2.75) is 161 Å². The Bertz CT molecular complexity index is 1560. The Morgan fingerprint density at radius 2 is 1.71 bits per heavy atom. The van der Waals surface area contributed by atoms with Crippen molar-refractivity contribution in [3.63, 3.8) is 0 Å². The van der Waals surface area contributed by atoms with Gasteiger partial charge in [-0.3, -0.25) is 9.69 Å². The number of benzene rings is 1. The standard InChI is InChI=1S/C42H67F3N4O10/c1-10-32-41(9,56)35(52)29(7)49(20-14-19-48(18-13-17-46)39(54)47-31-16-12-11-15-30(31)42(43,44)45)23-24(2)22-40(8,55)36(27(5)34(51)28(6)37(53)58-32)59-38-33(50)25(3)21-26(4)57-38/h11-12,15-16,24-29,32-36,38,50-52,55-56H,10,13-14,18-23H2,1-9H3,(H,47,54)/t24-,25-,26+,27+,28-,29-,32-,33+,34+,35-,36-,38-,40-,41-/m1/s1. The number of alkyl halides is 3. The van der Waals surface area contributed by atoms with E-state index >= 15 is 0 Å². The first-order chi connectivity index (χ1) is 27.4. The van der Waals surface area contributed by atoms with Crippen molar-refractivity contribution in [2.75, 3.05) is 31.5 Å². The molecule has 0 spiro atoms. The van der Waals surface area contributed by atoms with Crippen LogP contribution in [0.5, 0.6) is 0 Å². The van der Waals surface area contributed by atoms with Crippen LogP contribution in [0, 0.1) is 35.0 Å². The molecule has 14 atom stereocenters. The van der Waals surface area contributed by atoms with Gasteiger partial charge in [-0.15, -0.1) is 0 Å². The van der Waals surface area contributed by atoms with Gasteiger partial charge in [0.05, 0.1) is 53.6 Å². The first-order valence-electron chi connectivity index (χ1n) is 20.7. The summed E-state index contributed by atoms with van der Waals surface area (Å²) in [6.45, 7) is 15.2. The molecule has 2 saturated heterocycles. The summed E-state index contributed by atoms with van der Waals surface area (Å²) >= 11 is 0. The van der Waals surface area contributed by atoms with Gasteiger partial charge >= 0.3 is 18.2 Å². The predicted octanol–water partition coefficient (Wildman–Crippen LogP) is 4.91. The Kier molecular flexibility index (Phi) is 18.0. The van der Waals surface area contributed by atoms with Crippen molar-refractivity contribution in [2.24, 2.45) is 23.7 Å². The number of halogens is 3. The minimum Gasteiger partial charge on any atom is -0.459 e. The van der Waals surface area contributed by atoms with Crippen molar-refractivity contribution >= 4 is 17.7 Å². The number of carbonyl (C=O) groups is 2. The summed E-state index contributed by atoms with van der Waals surface area (Å²) in [5.74, 6) is -3.48. The van der Waals surface area contributed by atoms with Gasteiger partial charge < -0.3 is 50.0 Å². The van der Waals surface area contributed by atoms with E-state index in [2.05, 4.69) is 5.32 Å². The van der Waals surface area contributed by atoms with E-state index in [0.29, 0.717) is 6.42 Å². The highest BCUT2D eigenvalue weighted by molar-refractivity contribution is 5.90. The highest BCUT2D eigenvalue weighted by Crippen LogP contribution is 2.38. The fraction of sp³-hybridized carbons (Fsp3) is 0.786. The molecule has 0 aliphatic carbocycles. The van der Waals surface area contributed by atoms with Gasteiger partial charge in [0, 0.05) is 38.1 Å². The third-order valence-electron chi connectivity index (χ3n) is 12.1. The molecule has 3 rings (SSSR count). The van der Waals surface area contributed by atoms with Crippen LogP contribution in [0.1, 0.15) is 100.0 Å². The van der Waals surface area contributed by atoms with Gasteiger partial charge in [0.1, 0.15) is 23.9 Å². The molecule has 2 aliphatic heterocycles. The zero-order chi connectivity index (χ0) is 44.6. The number of urea groups is 1. The van der Waals surface area contributed by atoms with Crippen LogP contribution in [0.15, 0.2) is 24.3 Å². The smallest absolute Gasteiger partial charge is 0.418 e. The zero-order valence-electron chi connectivity index (χ0n) is 35.9. The predicted molar refractivity (Wildman–Crippen MR) is 212 cm³/mol. The van der Waals surface area contributed by atoms with E-state index in [9.17, 15) is 53.6 Å². The fourth-order valence-corrected chi connectivity index (χ4v) is 8.65. The summed E-state index contributed by atoms with van der Waals surface area (Å²) in [6, 6.07) is 4.87. The summed E-state index contributed by atoms with van der Waals surface area (Å²) in [5.41, 5.74) is -5.15. The van der Waals surface area contributed by atoms with Crippen LogP contribution in [0.25, 0.3) is 0 Å². The monoisotopic (exact) mass is 844 g/mol. The van der Waals surface area contributed by atoms with E-state index in [1.165, 1.54) is 30.9 Å². The Balaban J connectivity index is 1.98. The van der Waals surface area contributed by atoms with E-state index in [1.54, 1.807) is 27.7 Å². The number of rotatable bonds is 10. The second kappa shape index (κ2) is 21.1. The summed E-state index contributed by atoms with van der Waals surface area (Å²) in [6.07, 6.45) is -11.6. The maximum atomic E-state index is 13.7. The molecule has 0 saturated carbocycles. The molecule has 14 nitrogen and oxygen atoms in total. The van der Waals surface area contributed by atoms with Gasteiger partial charge in [0.2, 0.25) is 0 Å². The molecule has 336 valence electrons. The van der Waals surface area contributed by atoms with Crippen molar-refractivity contribution in [1.29, 1.82) is 5.26 Å². The van der Waals surface area contributed by atoms with Gasteiger partial charge in [-0.25, -0.2) is 4.79 Å². The van der Waals surface area contributed by atoms with Crippen molar-refractivity contribution in [1.82, 2.24) is 9.80 Å². The maximum Gasteiger partial charge on any atom is 0.418 e. The Hall–Kier alpha value is -3.08. The number of carbonyl (C=O) groups excluding carboxylic acids is 2. The van der Waals surface area contributed by atoms with Crippen LogP contribution in [0.2, 0.25) is 0 Å². The molecule has 1 aromatic carbocycles. The number of amides is 2. The normalized spacial score (nSPS) is 37.1. The molecule has 0 aromatic heterocycles. The minimum absolute atomic E-state index is 0.00245. The SMILES string of the molecule is CC[C@H]1OC(=O)[C@H](C)[C@@H](O)[C@H](C)[C@@H](O[C@H]2O[C@@H](C)C[C@@H](C)[C@@H]2O)[C@](C)(O)C[C@@H](C)CN(CCCN(CCC#N)C(=O)Nc2ccccc2C(F)(F)F)[C@H](C)[C@@H](O)[C@]1(C)O. The molecule has 1 aromatic rings. The quantitative estimate of drug-likeness (QED) is 0.174. The van der Waals surface area contributed by atoms with Crippen LogP contribution in [0.4, 0.5) is 23.7 Å². The van der Waals surface area contributed by atoms with Gasteiger partial charge in [-0.05, 0) is 84.3 Å². The zero-order valence-corrected chi connectivity index (χ0v) is 35.9. The van der Waals surface area contributed by atoms with Crippen LogP contribution in [-0.2, 0) is 25.2 Å². The highest BCUT2D eigenvalue weighted by atomic mass is 19.4. The first-order valence-corrected chi connectivity index (χ1v) is 20.7. The number of anilines is 1. The van der Waals surface area contributed by atoms with Gasteiger partial charge in [-0.1, -0.05) is 39.8 Å². The van der Waals surface area contributed by atoms with E-state index in [1.807, 2.05) is 31.7 Å². The lowest BCUT2D eigenvalue weighted by atomic mass is 9.78. The molecule has 2 fully saturated rings. The number of nitrogens with zero attached hydrogens (tertiary/aromatic N) is 3. The summed E-state index contributed by atoms with van der Waals surface area (Å²) in [5, 5.41) is 70.2. The number of cyclic esters (lactones) is 1. The average Bonchev–Trinajstić information content (AvgIpc) is 3.15. The number of hydrogen-bond donors (Lipinski definition) is 6. The minimum atomic E-state index is -4.72. The molecule has 2 aliphatic rings. The number of para-hydroxylation sites is 1. The molecule has 17 heteroatoms. The topological polar surface area (TPSA) is 205 Å². The summed E-state index contributed by atoms with van der Waals surface area (Å²) in [4.78, 5) is 30.1. The lowest BCUT2D eigenvalue weighted by Crippen LogP contribution is -2.59. The van der Waals surface area contributed by atoms with Gasteiger partial charge in [-0.2, -0.15) is 18.4 Å². The Morgan fingerprint density at radius 3 is 2.32 bits per heavy atom. The second-order valence-corrected chi connectivity index (χ2v) is 17.3. The fourth-order valence-electron chi connectivity index (χ4n) is 8.65. The van der Waals surface area contributed by atoms with Crippen LogP contribution in [-0.4, -0.2) is 134 Å². The van der Waals surface area contributed by atoms with Crippen LogP contribution >= 0.6 is 0 Å². The van der Waals surface area contributed by atoms with Crippen LogP contribution in [0.3, 0.4) is 0 Å². The average molecular weight is 845 g/mol. The van der Waals surface area contributed by atoms with E-state index < -0.39 is 95.3 Å². The molecule has 59 heavy (non-hydrogen) atoms. The molecule has 2 amide bonds. The Morgan fingerprint density at radius 1 is 1.07 bits per heavy atom. The molecule has 0 radical (unpaired) electrons. The molecular weight excluding hydrogens is 777 g/mol. The van der Waals surface area contributed by atoms with Crippen LogP contribution < -0.4 is 5.32 Å².